The van der Waals surface area contributed by atoms with Gasteiger partial charge in [0.15, 0.2) is 0 Å². The number of aromatic amines is 1. The van der Waals surface area contributed by atoms with Crippen LogP contribution in [0.3, 0.4) is 0 Å². The third-order valence-electron chi connectivity index (χ3n) is 6.75. The first-order valence-electron chi connectivity index (χ1n) is 11.8. The van der Waals surface area contributed by atoms with Gasteiger partial charge in [0.05, 0.1) is 6.61 Å². The van der Waals surface area contributed by atoms with Gasteiger partial charge in [-0.15, -0.1) is 0 Å². The average Bonchev–Trinajstić information content (AvgIpc) is 3.28. The van der Waals surface area contributed by atoms with Gasteiger partial charge in [-0.25, -0.2) is 4.98 Å². The Kier molecular flexibility index (Phi) is 5.15. The zero-order chi connectivity index (χ0) is 22.2. The molecule has 2 aliphatic heterocycles. The van der Waals surface area contributed by atoms with Crippen molar-refractivity contribution < 1.29 is 4.74 Å². The molecule has 2 aromatic carbocycles. The van der Waals surface area contributed by atoms with Crippen molar-refractivity contribution in [1.82, 2.24) is 14.9 Å². The molecule has 0 unspecified atom stereocenters. The van der Waals surface area contributed by atoms with Crippen LogP contribution in [0.5, 0.6) is 5.75 Å². The summed E-state index contributed by atoms with van der Waals surface area (Å²) in [5, 5.41) is 4.62. The molecule has 0 saturated carbocycles. The maximum absolute atomic E-state index is 5.77. The molecule has 6 heteroatoms. The van der Waals surface area contributed by atoms with Crippen LogP contribution in [0.4, 0.5) is 17.2 Å². The minimum absolute atomic E-state index is 0.817. The fraction of sp³-hybridized carbons (Fsp3) is 0.296. The molecule has 4 heterocycles. The second-order valence-corrected chi connectivity index (χ2v) is 9.04. The van der Waals surface area contributed by atoms with Crippen molar-refractivity contribution in [3.63, 3.8) is 0 Å². The first-order chi connectivity index (χ1) is 16.2. The topological polar surface area (TPSA) is 56.4 Å². The fourth-order valence-corrected chi connectivity index (χ4v) is 4.83. The summed E-state index contributed by atoms with van der Waals surface area (Å²) in [5.41, 5.74) is 6.87. The number of pyridine rings is 1. The molecule has 0 spiro atoms. The highest BCUT2D eigenvalue weighted by Gasteiger charge is 2.16. The lowest BCUT2D eigenvalue weighted by molar-refractivity contribution is 0.288. The molecule has 0 atom stereocenters. The molecule has 1 fully saturated rings. The first-order valence-corrected chi connectivity index (χ1v) is 11.8. The van der Waals surface area contributed by atoms with Crippen LogP contribution in [0.25, 0.3) is 22.2 Å². The summed E-state index contributed by atoms with van der Waals surface area (Å²) < 4.78 is 5.77. The fourth-order valence-electron chi connectivity index (χ4n) is 4.83. The van der Waals surface area contributed by atoms with Crippen molar-refractivity contribution in [2.24, 2.45) is 0 Å². The molecule has 1 saturated heterocycles. The Bertz CT molecular complexity index is 1290. The number of aryl methyl sites for hydroxylation is 1. The number of nitrogens with zero attached hydrogens (tertiary/aromatic N) is 3. The number of fused-ring (bicyclic) bond motifs is 2. The zero-order valence-corrected chi connectivity index (χ0v) is 19.0. The van der Waals surface area contributed by atoms with Crippen molar-refractivity contribution in [3.05, 3.63) is 66.4 Å². The summed E-state index contributed by atoms with van der Waals surface area (Å²) in [4.78, 5) is 13.0. The third kappa shape index (κ3) is 4.02. The molecule has 6 rings (SSSR count). The number of rotatable bonds is 4. The number of piperazine rings is 1. The summed E-state index contributed by atoms with van der Waals surface area (Å²) >= 11 is 0. The van der Waals surface area contributed by atoms with E-state index in [1.165, 1.54) is 22.4 Å². The van der Waals surface area contributed by atoms with E-state index in [1.54, 1.807) is 0 Å². The van der Waals surface area contributed by atoms with Gasteiger partial charge >= 0.3 is 0 Å². The summed E-state index contributed by atoms with van der Waals surface area (Å²) in [5.74, 6) is 1.86. The SMILES string of the molecule is CN1CCN(c2cccc(Nc3ccc4c(-c5ccc6c(c5)CCCO6)c[nH]c4n3)c2)CC1. The Balaban J connectivity index is 1.24. The standard InChI is InChI=1S/C27H29N5O/c1-31-11-13-32(14-12-31)22-6-2-5-21(17-22)29-26-10-8-23-24(18-28-27(23)30-26)19-7-9-25-20(16-19)4-3-15-33-25/h2,5-10,16-18H,3-4,11-15H2,1H3,(H2,28,29,30). The number of nitrogens with one attached hydrogen (secondary N) is 2. The highest BCUT2D eigenvalue weighted by atomic mass is 16.5. The van der Waals surface area contributed by atoms with Gasteiger partial charge in [0, 0.05) is 54.7 Å². The molecule has 0 amide bonds. The summed E-state index contributed by atoms with van der Waals surface area (Å²) in [7, 11) is 2.18. The molecule has 2 aliphatic rings. The summed E-state index contributed by atoms with van der Waals surface area (Å²) in [6.45, 7) is 5.14. The van der Waals surface area contributed by atoms with E-state index in [1.807, 2.05) is 0 Å². The minimum atomic E-state index is 0.817. The van der Waals surface area contributed by atoms with Gasteiger partial charge in [0.25, 0.3) is 0 Å². The van der Waals surface area contributed by atoms with Gasteiger partial charge in [-0.2, -0.15) is 0 Å². The second-order valence-electron chi connectivity index (χ2n) is 9.04. The molecule has 33 heavy (non-hydrogen) atoms. The normalized spacial score (nSPS) is 16.5. The number of anilines is 3. The van der Waals surface area contributed by atoms with Crippen molar-refractivity contribution in [1.29, 1.82) is 0 Å². The van der Waals surface area contributed by atoms with E-state index in [9.17, 15) is 0 Å². The largest absolute Gasteiger partial charge is 0.493 e. The molecule has 0 bridgehead atoms. The molecule has 168 valence electrons. The van der Waals surface area contributed by atoms with Crippen LogP contribution in [0.1, 0.15) is 12.0 Å². The van der Waals surface area contributed by atoms with Crippen molar-refractivity contribution in [2.45, 2.75) is 12.8 Å². The maximum atomic E-state index is 5.77. The van der Waals surface area contributed by atoms with Crippen molar-refractivity contribution in [3.8, 4) is 16.9 Å². The Morgan fingerprint density at radius 3 is 2.82 bits per heavy atom. The Labute approximate surface area is 194 Å². The summed E-state index contributed by atoms with van der Waals surface area (Å²) in [6, 6.07) is 19.3. The lowest BCUT2D eigenvalue weighted by atomic mass is 9.99. The lowest BCUT2D eigenvalue weighted by Crippen LogP contribution is -2.44. The quantitative estimate of drug-likeness (QED) is 0.466. The molecule has 2 aromatic heterocycles. The molecular formula is C27H29N5O. The zero-order valence-electron chi connectivity index (χ0n) is 19.0. The molecule has 0 aliphatic carbocycles. The van der Waals surface area contributed by atoms with Crippen LogP contribution in [0.2, 0.25) is 0 Å². The van der Waals surface area contributed by atoms with Crippen LogP contribution < -0.4 is 15.0 Å². The number of ether oxygens (including phenoxy) is 1. The number of likely N-dealkylation sites (N-methyl/N-ethyl adjacent to an activating group) is 1. The van der Waals surface area contributed by atoms with E-state index in [2.05, 4.69) is 87.9 Å². The summed E-state index contributed by atoms with van der Waals surface area (Å²) in [6.07, 6.45) is 4.21. The lowest BCUT2D eigenvalue weighted by Gasteiger charge is -2.34. The molecule has 2 N–H and O–H groups in total. The molecular weight excluding hydrogens is 410 g/mol. The van der Waals surface area contributed by atoms with Crippen molar-refractivity contribution in [2.75, 3.05) is 50.1 Å². The Hall–Kier alpha value is -3.51. The monoisotopic (exact) mass is 439 g/mol. The van der Waals surface area contributed by atoms with Gasteiger partial charge in [-0.3, -0.25) is 0 Å². The number of H-pyrrole nitrogens is 1. The number of hydrogen-bond donors (Lipinski definition) is 2. The van der Waals surface area contributed by atoms with Gasteiger partial charge in [0.1, 0.15) is 17.2 Å². The van der Waals surface area contributed by atoms with Gasteiger partial charge in [0.2, 0.25) is 0 Å². The second kappa shape index (κ2) is 8.45. The van der Waals surface area contributed by atoms with Crippen LogP contribution in [0.15, 0.2) is 60.8 Å². The van der Waals surface area contributed by atoms with Gasteiger partial charge in [-0.05, 0) is 73.5 Å². The predicted molar refractivity (Wildman–Crippen MR) is 135 cm³/mol. The maximum Gasteiger partial charge on any atom is 0.140 e. The van der Waals surface area contributed by atoms with E-state index in [0.717, 1.165) is 73.9 Å². The predicted octanol–water partition coefficient (Wildman–Crippen LogP) is 5.05. The van der Waals surface area contributed by atoms with E-state index in [4.69, 9.17) is 9.72 Å². The average molecular weight is 440 g/mol. The van der Waals surface area contributed by atoms with Crippen LogP contribution >= 0.6 is 0 Å². The van der Waals surface area contributed by atoms with Crippen LogP contribution in [0, 0.1) is 0 Å². The van der Waals surface area contributed by atoms with Crippen LogP contribution in [-0.4, -0.2) is 54.7 Å². The smallest absolute Gasteiger partial charge is 0.140 e. The molecule has 0 radical (unpaired) electrons. The Morgan fingerprint density at radius 1 is 1.00 bits per heavy atom. The number of aromatic nitrogens is 2. The highest BCUT2D eigenvalue weighted by molar-refractivity contribution is 5.94. The van der Waals surface area contributed by atoms with Gasteiger partial charge < -0.3 is 24.8 Å². The van der Waals surface area contributed by atoms with E-state index >= 15 is 0 Å². The first kappa shape index (κ1) is 20.1. The van der Waals surface area contributed by atoms with Gasteiger partial charge in [-0.1, -0.05) is 12.1 Å². The molecule has 4 aromatic rings. The van der Waals surface area contributed by atoms with Crippen molar-refractivity contribution >= 4 is 28.2 Å². The third-order valence-corrected chi connectivity index (χ3v) is 6.75. The van der Waals surface area contributed by atoms with E-state index in [-0.39, 0.29) is 0 Å². The van der Waals surface area contributed by atoms with E-state index in [0.29, 0.717) is 0 Å². The highest BCUT2D eigenvalue weighted by Crippen LogP contribution is 2.34. The minimum Gasteiger partial charge on any atom is -0.493 e. The Morgan fingerprint density at radius 2 is 1.91 bits per heavy atom. The van der Waals surface area contributed by atoms with Crippen LogP contribution in [-0.2, 0) is 6.42 Å². The number of hydrogen-bond acceptors (Lipinski definition) is 5. The number of benzene rings is 2. The van der Waals surface area contributed by atoms with E-state index < -0.39 is 0 Å². The molecule has 6 nitrogen and oxygen atoms in total.